The monoisotopic (exact) mass is 238 g/mol. The molecular formula is C11H10O6. The first-order chi connectivity index (χ1) is 8.11. The molecule has 6 nitrogen and oxygen atoms in total. The number of esters is 3. The number of carbonyl (C=O) groups is 3. The lowest BCUT2D eigenvalue weighted by Crippen LogP contribution is -2.43. The van der Waals surface area contributed by atoms with Gasteiger partial charge in [0.2, 0.25) is 0 Å². The minimum atomic E-state index is -0.951. The number of carbonyl (C=O) groups excluding carboxylic acids is 3. The quantitative estimate of drug-likeness (QED) is 0.434. The second-order valence-electron chi connectivity index (χ2n) is 4.28. The topological polar surface area (TPSA) is 78.9 Å². The Labute approximate surface area is 96.5 Å². The minimum absolute atomic E-state index is 0.285. The molecule has 3 saturated heterocycles. The molecule has 0 spiro atoms. The Morgan fingerprint density at radius 2 is 1.65 bits per heavy atom. The van der Waals surface area contributed by atoms with Crippen molar-refractivity contribution in [3.63, 3.8) is 0 Å². The highest BCUT2D eigenvalue weighted by Crippen LogP contribution is 2.42. The second-order valence-corrected chi connectivity index (χ2v) is 4.28. The van der Waals surface area contributed by atoms with E-state index in [2.05, 4.69) is 4.74 Å². The smallest absolute Gasteiger partial charge is 0.343 e. The lowest BCUT2D eigenvalue weighted by Gasteiger charge is -2.28. The molecule has 3 heterocycles. The normalized spacial score (nSPS) is 42.2. The maximum Gasteiger partial charge on any atom is 0.343 e. The standard InChI is InChI=1S/C11H10O6/c1-2-6-4-3-5-8(11(14)17-9(5)12)16-7(4)10(13)15-6/h2,4-5,7-8H,3H2,1H3. The van der Waals surface area contributed by atoms with Gasteiger partial charge in [0, 0.05) is 0 Å². The second kappa shape index (κ2) is 3.40. The fourth-order valence-corrected chi connectivity index (χ4v) is 2.55. The SMILES string of the molecule is CC=C1OC(=O)C2OC3C(=O)OC(=O)C3CC12. The number of rotatable bonds is 0. The molecule has 0 bridgehead atoms. The van der Waals surface area contributed by atoms with Crippen LogP contribution in [0.2, 0.25) is 0 Å². The molecular weight excluding hydrogens is 228 g/mol. The van der Waals surface area contributed by atoms with Crippen LogP contribution >= 0.6 is 0 Å². The van der Waals surface area contributed by atoms with Gasteiger partial charge in [0.25, 0.3) is 0 Å². The van der Waals surface area contributed by atoms with Crippen LogP contribution in [-0.4, -0.2) is 30.1 Å². The highest BCUT2D eigenvalue weighted by atomic mass is 16.6. The van der Waals surface area contributed by atoms with Crippen molar-refractivity contribution in [2.75, 3.05) is 0 Å². The number of hydrogen-bond acceptors (Lipinski definition) is 6. The Kier molecular flexibility index (Phi) is 2.09. The van der Waals surface area contributed by atoms with E-state index in [0.717, 1.165) is 0 Å². The highest BCUT2D eigenvalue weighted by Gasteiger charge is 2.57. The number of ether oxygens (including phenoxy) is 3. The third-order valence-corrected chi connectivity index (χ3v) is 3.37. The summed E-state index contributed by atoms with van der Waals surface area (Å²) >= 11 is 0. The van der Waals surface area contributed by atoms with E-state index in [0.29, 0.717) is 12.2 Å². The van der Waals surface area contributed by atoms with Gasteiger partial charge in [-0.3, -0.25) is 4.79 Å². The summed E-state index contributed by atoms with van der Waals surface area (Å²) in [6, 6.07) is 0. The molecule has 3 aliphatic heterocycles. The molecule has 4 atom stereocenters. The van der Waals surface area contributed by atoms with E-state index in [1.165, 1.54) is 0 Å². The molecule has 0 N–H and O–H groups in total. The first-order valence-corrected chi connectivity index (χ1v) is 5.40. The molecule has 90 valence electrons. The van der Waals surface area contributed by atoms with Crippen LogP contribution in [0.5, 0.6) is 0 Å². The average Bonchev–Trinajstić information content (AvgIpc) is 2.77. The Morgan fingerprint density at radius 3 is 2.35 bits per heavy atom. The summed E-state index contributed by atoms with van der Waals surface area (Å²) < 4.78 is 14.9. The number of allylic oxidation sites excluding steroid dienone is 1. The molecule has 3 rings (SSSR count). The molecule has 0 saturated carbocycles. The molecule has 17 heavy (non-hydrogen) atoms. The van der Waals surface area contributed by atoms with Crippen molar-refractivity contribution < 1.29 is 28.6 Å². The molecule has 0 amide bonds. The Balaban J connectivity index is 1.93. The summed E-state index contributed by atoms with van der Waals surface area (Å²) in [6.45, 7) is 1.75. The molecule has 0 aromatic rings. The zero-order valence-electron chi connectivity index (χ0n) is 9.04. The van der Waals surface area contributed by atoms with Crippen LogP contribution in [-0.2, 0) is 28.6 Å². The van der Waals surface area contributed by atoms with Crippen molar-refractivity contribution >= 4 is 17.9 Å². The van der Waals surface area contributed by atoms with E-state index < -0.39 is 36.0 Å². The fraction of sp³-hybridized carbons (Fsp3) is 0.545. The van der Waals surface area contributed by atoms with E-state index in [1.807, 2.05) is 0 Å². The summed E-state index contributed by atoms with van der Waals surface area (Å²) in [5.74, 6) is -2.19. The van der Waals surface area contributed by atoms with Gasteiger partial charge in [-0.05, 0) is 19.4 Å². The number of fused-ring (bicyclic) bond motifs is 2. The molecule has 3 fully saturated rings. The van der Waals surface area contributed by atoms with Gasteiger partial charge in [0.1, 0.15) is 5.76 Å². The molecule has 6 heteroatoms. The molecule has 3 aliphatic rings. The molecule has 0 aliphatic carbocycles. The Bertz CT molecular complexity index is 451. The lowest BCUT2D eigenvalue weighted by atomic mass is 9.84. The van der Waals surface area contributed by atoms with Crippen molar-refractivity contribution in [1.29, 1.82) is 0 Å². The lowest BCUT2D eigenvalue weighted by molar-refractivity contribution is -0.163. The first kappa shape index (κ1) is 10.5. The summed E-state index contributed by atoms with van der Waals surface area (Å²) in [5.41, 5.74) is 0. The van der Waals surface area contributed by atoms with Crippen molar-refractivity contribution in [3.05, 3.63) is 11.8 Å². The molecule has 4 unspecified atom stereocenters. The summed E-state index contributed by atoms with van der Waals surface area (Å²) in [6.07, 6.45) is 0.285. The van der Waals surface area contributed by atoms with Crippen LogP contribution in [0.4, 0.5) is 0 Å². The Hall–Kier alpha value is -1.69. The van der Waals surface area contributed by atoms with Gasteiger partial charge in [-0.15, -0.1) is 0 Å². The zero-order valence-corrected chi connectivity index (χ0v) is 9.04. The van der Waals surface area contributed by atoms with E-state index in [9.17, 15) is 14.4 Å². The van der Waals surface area contributed by atoms with Gasteiger partial charge < -0.3 is 14.2 Å². The van der Waals surface area contributed by atoms with Gasteiger partial charge in [-0.25, -0.2) is 9.59 Å². The first-order valence-electron chi connectivity index (χ1n) is 5.40. The summed E-state index contributed by atoms with van der Waals surface area (Å²) in [5, 5.41) is 0. The van der Waals surface area contributed by atoms with Gasteiger partial charge in [0.05, 0.1) is 11.8 Å². The molecule has 0 aromatic carbocycles. The van der Waals surface area contributed by atoms with Gasteiger partial charge in [-0.1, -0.05) is 0 Å². The van der Waals surface area contributed by atoms with Gasteiger partial charge in [-0.2, -0.15) is 0 Å². The maximum atomic E-state index is 11.5. The molecule has 0 radical (unpaired) electrons. The van der Waals surface area contributed by atoms with E-state index in [-0.39, 0.29) is 5.92 Å². The van der Waals surface area contributed by atoms with Crippen molar-refractivity contribution in [2.24, 2.45) is 11.8 Å². The fourth-order valence-electron chi connectivity index (χ4n) is 2.55. The van der Waals surface area contributed by atoms with Crippen molar-refractivity contribution in [1.82, 2.24) is 0 Å². The average molecular weight is 238 g/mol. The largest absolute Gasteiger partial charge is 0.429 e. The van der Waals surface area contributed by atoms with Crippen LogP contribution < -0.4 is 0 Å². The van der Waals surface area contributed by atoms with Crippen LogP contribution in [0.25, 0.3) is 0 Å². The predicted octanol–water partition coefficient (Wildman–Crippen LogP) is -0.0797. The number of hydrogen-bond donors (Lipinski definition) is 0. The van der Waals surface area contributed by atoms with Crippen molar-refractivity contribution in [3.8, 4) is 0 Å². The number of cyclic esters (lactones) is 3. The predicted molar refractivity (Wildman–Crippen MR) is 51.2 cm³/mol. The van der Waals surface area contributed by atoms with Crippen molar-refractivity contribution in [2.45, 2.75) is 25.6 Å². The van der Waals surface area contributed by atoms with Crippen LogP contribution in [0.3, 0.4) is 0 Å². The summed E-state index contributed by atoms with van der Waals surface area (Å²) in [7, 11) is 0. The van der Waals surface area contributed by atoms with Gasteiger partial charge in [0.15, 0.2) is 12.2 Å². The van der Waals surface area contributed by atoms with E-state index in [1.54, 1.807) is 13.0 Å². The maximum absolute atomic E-state index is 11.5. The third kappa shape index (κ3) is 1.33. The Morgan fingerprint density at radius 1 is 1.00 bits per heavy atom. The van der Waals surface area contributed by atoms with Crippen LogP contribution in [0.1, 0.15) is 13.3 Å². The molecule has 0 aromatic heterocycles. The van der Waals surface area contributed by atoms with Crippen LogP contribution in [0, 0.1) is 11.8 Å². The van der Waals surface area contributed by atoms with E-state index in [4.69, 9.17) is 9.47 Å². The third-order valence-electron chi connectivity index (χ3n) is 3.37. The van der Waals surface area contributed by atoms with Gasteiger partial charge >= 0.3 is 17.9 Å². The summed E-state index contributed by atoms with van der Waals surface area (Å²) in [4.78, 5) is 34.3. The highest BCUT2D eigenvalue weighted by molar-refractivity contribution is 5.98. The zero-order chi connectivity index (χ0) is 12.2. The van der Waals surface area contributed by atoms with Crippen LogP contribution in [0.15, 0.2) is 11.8 Å². The minimum Gasteiger partial charge on any atom is -0.429 e. The van der Waals surface area contributed by atoms with E-state index >= 15 is 0 Å².